The summed E-state index contributed by atoms with van der Waals surface area (Å²) in [6.07, 6.45) is 3.26. The zero-order valence-corrected chi connectivity index (χ0v) is 11.8. The van der Waals surface area contributed by atoms with Crippen LogP contribution in [0.25, 0.3) is 0 Å². The fourth-order valence-corrected chi connectivity index (χ4v) is 1.80. The number of amides is 2. The van der Waals surface area contributed by atoms with Crippen molar-refractivity contribution in [3.05, 3.63) is 47.8 Å². The number of nitrogens with zero attached hydrogens (tertiary/aromatic N) is 3. The molecule has 7 nitrogen and oxygen atoms in total. The first-order chi connectivity index (χ1) is 9.95. The van der Waals surface area contributed by atoms with E-state index >= 15 is 0 Å². The number of hydrogen-bond donors (Lipinski definition) is 2. The number of aromatic nitrogens is 2. The first kappa shape index (κ1) is 14.6. The van der Waals surface area contributed by atoms with Gasteiger partial charge in [-0.05, 0) is 17.7 Å². The smallest absolute Gasteiger partial charge is 0.335 e. The van der Waals surface area contributed by atoms with Crippen LogP contribution in [0.4, 0.5) is 10.5 Å². The molecule has 0 saturated heterocycles. The van der Waals surface area contributed by atoms with Gasteiger partial charge >= 0.3 is 12.0 Å². The summed E-state index contributed by atoms with van der Waals surface area (Å²) in [5, 5.41) is 15.5. The Morgan fingerprint density at radius 3 is 2.52 bits per heavy atom. The van der Waals surface area contributed by atoms with Crippen molar-refractivity contribution < 1.29 is 14.7 Å². The normalized spacial score (nSPS) is 10.2. The van der Waals surface area contributed by atoms with E-state index in [0.29, 0.717) is 12.2 Å². The molecule has 110 valence electrons. The molecule has 1 aromatic carbocycles. The Hall–Kier alpha value is -2.83. The van der Waals surface area contributed by atoms with Gasteiger partial charge in [-0.15, -0.1) is 0 Å². The topological polar surface area (TPSA) is 87.5 Å². The quantitative estimate of drug-likeness (QED) is 0.897. The average Bonchev–Trinajstić information content (AvgIpc) is 2.84. The molecule has 21 heavy (non-hydrogen) atoms. The largest absolute Gasteiger partial charge is 0.478 e. The molecule has 0 radical (unpaired) electrons. The number of nitrogens with one attached hydrogen (secondary N) is 1. The minimum atomic E-state index is -0.968. The molecule has 2 amide bonds. The van der Waals surface area contributed by atoms with Crippen molar-refractivity contribution in [2.75, 3.05) is 12.4 Å². The van der Waals surface area contributed by atoms with Crippen LogP contribution in [0.15, 0.2) is 36.7 Å². The molecule has 0 atom stereocenters. The molecule has 2 rings (SSSR count). The Bertz CT molecular complexity index is 648. The number of benzene rings is 1. The van der Waals surface area contributed by atoms with Crippen molar-refractivity contribution in [1.82, 2.24) is 14.7 Å². The molecular weight excluding hydrogens is 272 g/mol. The third-order valence-electron chi connectivity index (χ3n) is 2.92. The lowest BCUT2D eigenvalue weighted by Crippen LogP contribution is -2.30. The van der Waals surface area contributed by atoms with Crippen LogP contribution in [-0.4, -0.2) is 38.8 Å². The molecule has 1 aromatic heterocycles. The third kappa shape index (κ3) is 3.82. The SMILES string of the molecule is CN(Cc1ccc(C(=O)O)cc1)C(=O)Nc1cnn(C)c1. The summed E-state index contributed by atoms with van der Waals surface area (Å²) >= 11 is 0. The van der Waals surface area contributed by atoms with Crippen LogP contribution in [-0.2, 0) is 13.6 Å². The van der Waals surface area contributed by atoms with E-state index in [0.717, 1.165) is 5.56 Å². The Kier molecular flexibility index (Phi) is 4.22. The maximum atomic E-state index is 12.0. The Morgan fingerprint density at radius 2 is 2.00 bits per heavy atom. The maximum Gasteiger partial charge on any atom is 0.335 e. The van der Waals surface area contributed by atoms with Crippen molar-refractivity contribution in [3.63, 3.8) is 0 Å². The van der Waals surface area contributed by atoms with E-state index in [-0.39, 0.29) is 11.6 Å². The average molecular weight is 288 g/mol. The molecule has 0 spiro atoms. The van der Waals surface area contributed by atoms with Gasteiger partial charge in [-0.1, -0.05) is 12.1 Å². The lowest BCUT2D eigenvalue weighted by molar-refractivity contribution is 0.0697. The molecule has 0 aliphatic heterocycles. The second-order valence-corrected chi connectivity index (χ2v) is 4.69. The number of carbonyl (C=O) groups excluding carboxylic acids is 1. The molecule has 0 unspecified atom stereocenters. The second-order valence-electron chi connectivity index (χ2n) is 4.69. The van der Waals surface area contributed by atoms with E-state index in [1.54, 1.807) is 43.3 Å². The van der Waals surface area contributed by atoms with Gasteiger partial charge < -0.3 is 15.3 Å². The number of carboxylic acid groups (broad SMARTS) is 1. The number of aryl methyl sites for hydroxylation is 1. The van der Waals surface area contributed by atoms with Gasteiger partial charge in [0.1, 0.15) is 0 Å². The molecule has 0 bridgehead atoms. The van der Waals surface area contributed by atoms with E-state index in [4.69, 9.17) is 5.11 Å². The molecule has 0 aliphatic rings. The first-order valence-corrected chi connectivity index (χ1v) is 6.28. The van der Waals surface area contributed by atoms with Gasteiger partial charge in [0.15, 0.2) is 0 Å². The fourth-order valence-electron chi connectivity index (χ4n) is 1.80. The van der Waals surface area contributed by atoms with E-state index in [2.05, 4.69) is 10.4 Å². The highest BCUT2D eigenvalue weighted by molar-refractivity contribution is 5.89. The van der Waals surface area contributed by atoms with E-state index in [1.807, 2.05) is 0 Å². The number of urea groups is 1. The summed E-state index contributed by atoms with van der Waals surface area (Å²) < 4.78 is 1.60. The highest BCUT2D eigenvalue weighted by Gasteiger charge is 2.10. The van der Waals surface area contributed by atoms with Crippen LogP contribution in [0.5, 0.6) is 0 Å². The van der Waals surface area contributed by atoms with Crippen molar-refractivity contribution >= 4 is 17.7 Å². The number of hydrogen-bond acceptors (Lipinski definition) is 3. The molecule has 0 aliphatic carbocycles. The highest BCUT2D eigenvalue weighted by Crippen LogP contribution is 2.09. The molecule has 0 fully saturated rings. The summed E-state index contributed by atoms with van der Waals surface area (Å²) in [5.74, 6) is -0.968. The van der Waals surface area contributed by atoms with Crippen LogP contribution < -0.4 is 5.32 Å². The van der Waals surface area contributed by atoms with Gasteiger partial charge in [0, 0.05) is 26.8 Å². The van der Waals surface area contributed by atoms with Crippen LogP contribution in [0.1, 0.15) is 15.9 Å². The van der Waals surface area contributed by atoms with Crippen molar-refractivity contribution in [1.29, 1.82) is 0 Å². The predicted molar refractivity (Wildman–Crippen MR) is 77.1 cm³/mol. The molecule has 2 N–H and O–H groups in total. The zero-order valence-electron chi connectivity index (χ0n) is 11.8. The summed E-state index contributed by atoms with van der Waals surface area (Å²) in [6.45, 7) is 0.381. The third-order valence-corrected chi connectivity index (χ3v) is 2.92. The number of carboxylic acids is 1. The lowest BCUT2D eigenvalue weighted by Gasteiger charge is -2.17. The number of carbonyl (C=O) groups is 2. The van der Waals surface area contributed by atoms with Crippen molar-refractivity contribution in [2.45, 2.75) is 6.54 Å². The zero-order chi connectivity index (χ0) is 15.4. The van der Waals surface area contributed by atoms with Crippen LogP contribution in [0.2, 0.25) is 0 Å². The highest BCUT2D eigenvalue weighted by atomic mass is 16.4. The van der Waals surface area contributed by atoms with E-state index in [9.17, 15) is 9.59 Å². The van der Waals surface area contributed by atoms with Crippen molar-refractivity contribution in [3.8, 4) is 0 Å². The first-order valence-electron chi connectivity index (χ1n) is 6.28. The minimum absolute atomic E-state index is 0.223. The molecular formula is C14H16N4O3. The Balaban J connectivity index is 1.95. The Labute approximate surface area is 121 Å². The number of aromatic carboxylic acids is 1. The van der Waals surface area contributed by atoms with Gasteiger partial charge in [-0.2, -0.15) is 5.10 Å². The standard InChI is InChI=1S/C14H16N4O3/c1-17(14(21)16-12-7-15-18(2)9-12)8-10-3-5-11(6-4-10)13(19)20/h3-7,9H,8H2,1-2H3,(H,16,21)(H,19,20). The summed E-state index contributed by atoms with van der Waals surface area (Å²) in [5.41, 5.74) is 1.70. The van der Waals surface area contributed by atoms with Crippen LogP contribution >= 0.6 is 0 Å². The summed E-state index contributed by atoms with van der Waals surface area (Å²) in [6, 6.07) is 6.16. The van der Waals surface area contributed by atoms with Gasteiger partial charge in [0.2, 0.25) is 0 Å². The second kappa shape index (κ2) is 6.08. The van der Waals surface area contributed by atoms with Gasteiger partial charge in [0.05, 0.1) is 17.4 Å². The maximum absolute atomic E-state index is 12.0. The van der Waals surface area contributed by atoms with Gasteiger partial charge in [-0.3, -0.25) is 4.68 Å². The fraction of sp³-hybridized carbons (Fsp3) is 0.214. The van der Waals surface area contributed by atoms with Crippen molar-refractivity contribution in [2.24, 2.45) is 7.05 Å². The van der Waals surface area contributed by atoms with Gasteiger partial charge in [-0.25, -0.2) is 9.59 Å². The minimum Gasteiger partial charge on any atom is -0.478 e. The van der Waals surface area contributed by atoms with Crippen LogP contribution in [0, 0.1) is 0 Å². The predicted octanol–water partition coefficient (Wildman–Crippen LogP) is 1.78. The lowest BCUT2D eigenvalue weighted by atomic mass is 10.1. The Morgan fingerprint density at radius 1 is 1.33 bits per heavy atom. The van der Waals surface area contributed by atoms with E-state index in [1.165, 1.54) is 17.0 Å². The van der Waals surface area contributed by atoms with Crippen LogP contribution in [0.3, 0.4) is 0 Å². The molecule has 2 aromatic rings. The molecule has 1 heterocycles. The molecule has 7 heteroatoms. The number of anilines is 1. The van der Waals surface area contributed by atoms with Gasteiger partial charge in [0.25, 0.3) is 0 Å². The van der Waals surface area contributed by atoms with E-state index < -0.39 is 5.97 Å². The number of rotatable bonds is 4. The molecule has 0 saturated carbocycles. The monoisotopic (exact) mass is 288 g/mol. The summed E-state index contributed by atoms with van der Waals surface area (Å²) in [4.78, 5) is 24.3. The summed E-state index contributed by atoms with van der Waals surface area (Å²) in [7, 11) is 3.43.